The number of β-amino-alcohol motifs (C(OH)–C–C–N with tert-alkyl or cyclic N) is 1. The van der Waals surface area contributed by atoms with E-state index in [4.69, 9.17) is 4.84 Å². The molecule has 0 spiro atoms. The minimum Gasteiger partial charge on any atom is -0.392 e. The maximum atomic E-state index is 11.6. The zero-order valence-electron chi connectivity index (χ0n) is 10.5. The molecular weight excluding hydrogens is 266 g/mol. The Bertz CT molecular complexity index is 461. The Morgan fingerprint density at radius 3 is 3.00 bits per heavy atom. The van der Waals surface area contributed by atoms with Crippen molar-refractivity contribution in [1.29, 1.82) is 0 Å². The normalized spacial score (nSPS) is 24.2. The molecule has 6 nitrogen and oxygen atoms in total. The van der Waals surface area contributed by atoms with Crippen LogP contribution in [0.4, 0.5) is 9.93 Å². The molecule has 0 bridgehead atoms. The third-order valence-electron chi connectivity index (χ3n) is 3.58. The average molecular weight is 283 g/mol. The van der Waals surface area contributed by atoms with Gasteiger partial charge >= 0.3 is 6.09 Å². The lowest BCUT2D eigenvalue weighted by atomic mass is 9.85. The van der Waals surface area contributed by atoms with Crippen LogP contribution in [0.5, 0.6) is 0 Å². The van der Waals surface area contributed by atoms with Crippen molar-refractivity contribution < 1.29 is 14.7 Å². The minimum atomic E-state index is -0.538. The van der Waals surface area contributed by atoms with Crippen molar-refractivity contribution in [3.63, 3.8) is 0 Å². The zero-order valence-corrected chi connectivity index (χ0v) is 11.4. The first-order valence-electron chi connectivity index (χ1n) is 6.58. The van der Waals surface area contributed by atoms with E-state index in [-0.39, 0.29) is 0 Å². The lowest BCUT2D eigenvalue weighted by Crippen LogP contribution is -2.28. The summed E-state index contributed by atoms with van der Waals surface area (Å²) in [6.45, 7) is 0.943. The van der Waals surface area contributed by atoms with Gasteiger partial charge in [-0.05, 0) is 25.2 Å². The SMILES string of the molecule is O=C(Nc1ncc(C2CCC2)s1)ON1CCC(O)C1. The van der Waals surface area contributed by atoms with Gasteiger partial charge in [0.05, 0.1) is 12.6 Å². The summed E-state index contributed by atoms with van der Waals surface area (Å²) in [5.41, 5.74) is 0. The second-order valence-electron chi connectivity index (χ2n) is 5.03. The summed E-state index contributed by atoms with van der Waals surface area (Å²) in [5, 5.41) is 14.0. The third-order valence-corrected chi connectivity index (χ3v) is 4.65. The van der Waals surface area contributed by atoms with E-state index in [0.29, 0.717) is 30.6 Å². The molecule has 1 aromatic heterocycles. The summed E-state index contributed by atoms with van der Waals surface area (Å²) in [6, 6.07) is 0. The molecule has 2 aliphatic rings. The summed E-state index contributed by atoms with van der Waals surface area (Å²) in [5.74, 6) is 0.623. The number of thiazole rings is 1. The van der Waals surface area contributed by atoms with Gasteiger partial charge in [-0.25, -0.2) is 9.78 Å². The maximum absolute atomic E-state index is 11.6. The first kappa shape index (κ1) is 12.8. The van der Waals surface area contributed by atoms with Crippen molar-refractivity contribution in [1.82, 2.24) is 10.0 Å². The fraction of sp³-hybridized carbons (Fsp3) is 0.667. The Morgan fingerprint density at radius 1 is 1.53 bits per heavy atom. The third kappa shape index (κ3) is 3.05. The topological polar surface area (TPSA) is 74.7 Å². The molecule has 1 amide bonds. The molecule has 7 heteroatoms. The number of carbonyl (C=O) groups excluding carboxylic acids is 1. The fourth-order valence-corrected chi connectivity index (χ4v) is 3.22. The highest BCUT2D eigenvalue weighted by Crippen LogP contribution is 2.39. The van der Waals surface area contributed by atoms with Crippen LogP contribution in [0.3, 0.4) is 0 Å². The standard InChI is InChI=1S/C12H17N3O3S/c16-9-4-5-15(7-9)18-12(17)14-11-13-6-10(19-11)8-2-1-3-8/h6,8-9,16H,1-5,7H2,(H,13,14,17). The summed E-state index contributed by atoms with van der Waals surface area (Å²) in [7, 11) is 0. The summed E-state index contributed by atoms with van der Waals surface area (Å²) < 4.78 is 0. The predicted octanol–water partition coefficient (Wildman–Crippen LogP) is 1.94. The van der Waals surface area contributed by atoms with Gasteiger partial charge in [0.25, 0.3) is 0 Å². The molecule has 2 heterocycles. The van der Waals surface area contributed by atoms with Crippen molar-refractivity contribution >= 4 is 22.6 Å². The minimum absolute atomic E-state index is 0.374. The Hall–Kier alpha value is -1.18. The van der Waals surface area contributed by atoms with Crippen molar-refractivity contribution in [2.45, 2.75) is 37.7 Å². The average Bonchev–Trinajstić information content (AvgIpc) is 2.86. The van der Waals surface area contributed by atoms with Crippen LogP contribution in [0.15, 0.2) is 6.20 Å². The van der Waals surface area contributed by atoms with Gasteiger partial charge in [0.1, 0.15) is 0 Å². The molecule has 1 aliphatic heterocycles. The highest BCUT2D eigenvalue weighted by Gasteiger charge is 2.25. The Balaban J connectivity index is 1.50. The Kier molecular flexibility index (Phi) is 3.67. The van der Waals surface area contributed by atoms with E-state index < -0.39 is 12.2 Å². The van der Waals surface area contributed by atoms with E-state index in [2.05, 4.69) is 10.3 Å². The van der Waals surface area contributed by atoms with Crippen LogP contribution in [0.1, 0.15) is 36.5 Å². The van der Waals surface area contributed by atoms with E-state index in [1.54, 1.807) is 0 Å². The summed E-state index contributed by atoms with van der Waals surface area (Å²) in [4.78, 5) is 22.2. The van der Waals surface area contributed by atoms with Crippen molar-refractivity contribution in [2.75, 3.05) is 18.4 Å². The van der Waals surface area contributed by atoms with Crippen LogP contribution in [-0.2, 0) is 4.84 Å². The van der Waals surface area contributed by atoms with Crippen LogP contribution >= 0.6 is 11.3 Å². The lowest BCUT2D eigenvalue weighted by Gasteiger charge is -2.23. The second kappa shape index (κ2) is 5.44. The molecule has 1 unspecified atom stereocenters. The van der Waals surface area contributed by atoms with Gasteiger partial charge in [0.2, 0.25) is 0 Å². The number of hydrogen-bond donors (Lipinski definition) is 2. The van der Waals surface area contributed by atoms with Gasteiger partial charge in [-0.1, -0.05) is 6.42 Å². The molecule has 1 aliphatic carbocycles. The molecule has 0 aromatic carbocycles. The molecule has 2 N–H and O–H groups in total. The number of carbonyl (C=O) groups is 1. The van der Waals surface area contributed by atoms with Crippen molar-refractivity contribution in [2.24, 2.45) is 0 Å². The van der Waals surface area contributed by atoms with Crippen LogP contribution in [0.2, 0.25) is 0 Å². The Labute approximate surface area is 115 Å². The van der Waals surface area contributed by atoms with E-state index >= 15 is 0 Å². The van der Waals surface area contributed by atoms with Gasteiger partial charge in [-0.15, -0.1) is 16.4 Å². The lowest BCUT2D eigenvalue weighted by molar-refractivity contribution is -0.0807. The van der Waals surface area contributed by atoms with Crippen LogP contribution in [0, 0.1) is 0 Å². The van der Waals surface area contributed by atoms with Crippen LogP contribution < -0.4 is 5.32 Å². The number of aromatic nitrogens is 1. The van der Waals surface area contributed by atoms with Crippen LogP contribution in [0.25, 0.3) is 0 Å². The first-order valence-corrected chi connectivity index (χ1v) is 7.40. The van der Waals surface area contributed by atoms with Gasteiger partial charge in [-0.3, -0.25) is 5.32 Å². The smallest absolute Gasteiger partial charge is 0.392 e. The van der Waals surface area contributed by atoms with Gasteiger partial charge < -0.3 is 9.94 Å². The van der Waals surface area contributed by atoms with Crippen molar-refractivity contribution in [3.8, 4) is 0 Å². The maximum Gasteiger partial charge on any atom is 0.432 e. The predicted molar refractivity (Wildman–Crippen MR) is 71.0 cm³/mol. The largest absolute Gasteiger partial charge is 0.432 e. The summed E-state index contributed by atoms with van der Waals surface area (Å²) >= 11 is 1.51. The van der Waals surface area contributed by atoms with E-state index in [0.717, 1.165) is 0 Å². The highest BCUT2D eigenvalue weighted by atomic mass is 32.1. The number of hydroxylamine groups is 2. The monoisotopic (exact) mass is 283 g/mol. The molecule has 104 valence electrons. The number of nitrogens with one attached hydrogen (secondary N) is 1. The molecule has 2 fully saturated rings. The molecule has 1 atom stereocenters. The van der Waals surface area contributed by atoms with Crippen molar-refractivity contribution in [3.05, 3.63) is 11.1 Å². The van der Waals surface area contributed by atoms with E-state index in [9.17, 15) is 9.90 Å². The highest BCUT2D eigenvalue weighted by molar-refractivity contribution is 7.15. The molecule has 19 heavy (non-hydrogen) atoms. The van der Waals surface area contributed by atoms with E-state index in [1.165, 1.54) is 40.5 Å². The Morgan fingerprint density at radius 2 is 2.37 bits per heavy atom. The number of rotatable bonds is 3. The fourth-order valence-electron chi connectivity index (χ4n) is 2.25. The first-order chi connectivity index (χ1) is 9.20. The van der Waals surface area contributed by atoms with Gasteiger partial charge in [0, 0.05) is 17.6 Å². The van der Waals surface area contributed by atoms with Gasteiger partial charge in [0.15, 0.2) is 5.13 Å². The number of hydrogen-bond acceptors (Lipinski definition) is 6. The number of amides is 1. The zero-order chi connectivity index (χ0) is 13.2. The van der Waals surface area contributed by atoms with Gasteiger partial charge in [-0.2, -0.15) is 0 Å². The molecule has 1 aromatic rings. The molecular formula is C12H17N3O3S. The number of anilines is 1. The quantitative estimate of drug-likeness (QED) is 0.886. The molecule has 0 radical (unpaired) electrons. The number of aliphatic hydroxyl groups is 1. The molecule has 3 rings (SSSR count). The van der Waals surface area contributed by atoms with E-state index in [1.807, 2.05) is 6.20 Å². The molecule has 1 saturated heterocycles. The molecule has 1 saturated carbocycles. The number of nitrogens with zero attached hydrogens (tertiary/aromatic N) is 2. The second-order valence-corrected chi connectivity index (χ2v) is 6.09. The van der Waals surface area contributed by atoms with Crippen LogP contribution in [-0.4, -0.2) is 40.4 Å². The summed E-state index contributed by atoms with van der Waals surface area (Å²) in [6.07, 6.45) is 5.25. The number of aliphatic hydroxyl groups excluding tert-OH is 1.